The van der Waals surface area contributed by atoms with Gasteiger partial charge in [0.25, 0.3) is 0 Å². The minimum atomic E-state index is 0.0203. The second-order valence-corrected chi connectivity index (χ2v) is 5.62. The predicted octanol–water partition coefficient (Wildman–Crippen LogP) is 3.98. The van der Waals surface area contributed by atoms with Crippen LogP contribution < -0.4 is 10.2 Å². The van der Waals surface area contributed by atoms with Crippen molar-refractivity contribution in [3.63, 3.8) is 0 Å². The number of carbonyl (C=O) groups is 1. The van der Waals surface area contributed by atoms with Crippen LogP contribution in [0.5, 0.6) is 0 Å². The van der Waals surface area contributed by atoms with Crippen molar-refractivity contribution in [2.75, 3.05) is 10.2 Å². The number of carbonyl (C=O) groups excluding carboxylic acids is 1. The second-order valence-electron chi connectivity index (χ2n) is 5.62. The van der Waals surface area contributed by atoms with Crippen LogP contribution >= 0.6 is 0 Å². The third kappa shape index (κ3) is 2.64. The summed E-state index contributed by atoms with van der Waals surface area (Å²) in [5.74, 6) is 0.163. The Hall–Kier alpha value is -2.29. The van der Waals surface area contributed by atoms with E-state index in [1.54, 1.807) is 0 Å². The van der Waals surface area contributed by atoms with E-state index in [0.717, 1.165) is 16.9 Å². The summed E-state index contributed by atoms with van der Waals surface area (Å²) < 4.78 is 0. The molecule has 0 saturated carbocycles. The molecule has 1 aliphatic heterocycles. The van der Waals surface area contributed by atoms with Crippen LogP contribution in [0.25, 0.3) is 0 Å². The van der Waals surface area contributed by atoms with E-state index in [4.69, 9.17) is 0 Å². The lowest BCUT2D eigenvalue weighted by Crippen LogP contribution is -2.34. The van der Waals surface area contributed by atoms with Gasteiger partial charge >= 0.3 is 0 Å². The minimum absolute atomic E-state index is 0.0203. The molecule has 108 valence electrons. The van der Waals surface area contributed by atoms with Crippen molar-refractivity contribution < 1.29 is 4.79 Å². The maximum atomic E-state index is 12.7. The molecule has 2 aromatic carbocycles. The summed E-state index contributed by atoms with van der Waals surface area (Å²) in [5, 5.41) is 3.43. The largest absolute Gasteiger partial charge is 0.380 e. The molecule has 1 aliphatic rings. The number of hydrogen-bond donors (Lipinski definition) is 1. The highest BCUT2D eigenvalue weighted by atomic mass is 16.2. The van der Waals surface area contributed by atoms with Crippen molar-refractivity contribution in [1.29, 1.82) is 0 Å². The first kappa shape index (κ1) is 13.7. The number of benzene rings is 2. The molecule has 0 radical (unpaired) electrons. The van der Waals surface area contributed by atoms with Gasteiger partial charge < -0.3 is 10.2 Å². The van der Waals surface area contributed by atoms with Crippen LogP contribution in [0.3, 0.4) is 0 Å². The van der Waals surface area contributed by atoms with Crippen LogP contribution in [0.15, 0.2) is 54.6 Å². The number of nitrogens with zero attached hydrogens (tertiary/aromatic N) is 1. The van der Waals surface area contributed by atoms with Gasteiger partial charge in [0.05, 0.1) is 17.4 Å². The Kier molecular flexibility index (Phi) is 3.65. The number of para-hydroxylation sites is 2. The highest BCUT2D eigenvalue weighted by Gasteiger charge is 2.29. The highest BCUT2D eigenvalue weighted by molar-refractivity contribution is 5.99. The molecule has 1 heterocycles. The predicted molar refractivity (Wildman–Crippen MR) is 86.5 cm³/mol. The molecule has 2 aromatic rings. The van der Waals surface area contributed by atoms with Gasteiger partial charge in [0.2, 0.25) is 5.91 Å². The zero-order valence-electron chi connectivity index (χ0n) is 12.4. The molecule has 3 rings (SSSR count). The van der Waals surface area contributed by atoms with Crippen molar-refractivity contribution in [2.24, 2.45) is 0 Å². The van der Waals surface area contributed by atoms with Gasteiger partial charge in [-0.3, -0.25) is 4.79 Å². The van der Waals surface area contributed by atoms with E-state index in [2.05, 4.69) is 24.4 Å². The maximum Gasteiger partial charge on any atom is 0.229 e. The fraction of sp³-hybridized carbons (Fsp3) is 0.278. The van der Waals surface area contributed by atoms with Crippen LogP contribution in [0.4, 0.5) is 11.4 Å². The highest BCUT2D eigenvalue weighted by Crippen LogP contribution is 2.36. The van der Waals surface area contributed by atoms with E-state index in [-0.39, 0.29) is 18.0 Å². The number of amides is 1. The number of nitrogens with one attached hydrogen (secondary N) is 1. The van der Waals surface area contributed by atoms with E-state index in [1.807, 2.05) is 54.3 Å². The average Bonchev–Trinajstić information content (AvgIpc) is 2.62. The second kappa shape index (κ2) is 5.60. The summed E-state index contributed by atoms with van der Waals surface area (Å²) in [6.45, 7) is 4.13. The van der Waals surface area contributed by atoms with Crippen molar-refractivity contribution in [3.05, 3.63) is 60.2 Å². The lowest BCUT2D eigenvalue weighted by atomic mass is 10.1. The Bertz CT molecular complexity index is 639. The molecule has 2 atom stereocenters. The fourth-order valence-corrected chi connectivity index (χ4v) is 2.92. The number of hydrogen-bond acceptors (Lipinski definition) is 2. The van der Waals surface area contributed by atoms with Crippen molar-refractivity contribution in [2.45, 2.75) is 32.4 Å². The third-order valence-electron chi connectivity index (χ3n) is 3.98. The monoisotopic (exact) mass is 280 g/mol. The quantitative estimate of drug-likeness (QED) is 0.902. The lowest BCUT2D eigenvalue weighted by Gasteiger charge is -2.29. The van der Waals surface area contributed by atoms with Crippen LogP contribution in [-0.2, 0) is 4.79 Å². The smallest absolute Gasteiger partial charge is 0.229 e. The Labute approximate surface area is 125 Å². The number of anilines is 2. The van der Waals surface area contributed by atoms with E-state index in [0.29, 0.717) is 6.42 Å². The van der Waals surface area contributed by atoms with Gasteiger partial charge in [-0.25, -0.2) is 0 Å². The third-order valence-corrected chi connectivity index (χ3v) is 3.98. The van der Waals surface area contributed by atoms with Crippen molar-refractivity contribution in [1.82, 2.24) is 0 Å². The van der Waals surface area contributed by atoms with Crippen LogP contribution in [-0.4, -0.2) is 11.9 Å². The number of rotatable bonds is 2. The van der Waals surface area contributed by atoms with Gasteiger partial charge in [0.15, 0.2) is 0 Å². The topological polar surface area (TPSA) is 32.3 Å². The summed E-state index contributed by atoms with van der Waals surface area (Å²) >= 11 is 0. The summed E-state index contributed by atoms with van der Waals surface area (Å²) in [7, 11) is 0. The molecule has 1 N–H and O–H groups in total. The van der Waals surface area contributed by atoms with E-state index < -0.39 is 0 Å². The molecule has 3 heteroatoms. The van der Waals surface area contributed by atoms with Crippen LogP contribution in [0.2, 0.25) is 0 Å². The summed E-state index contributed by atoms with van der Waals surface area (Å²) in [6, 6.07) is 18.4. The van der Waals surface area contributed by atoms with Gasteiger partial charge in [-0.05, 0) is 31.5 Å². The van der Waals surface area contributed by atoms with Gasteiger partial charge in [-0.2, -0.15) is 0 Å². The van der Waals surface area contributed by atoms with Gasteiger partial charge in [-0.15, -0.1) is 0 Å². The zero-order chi connectivity index (χ0) is 14.8. The molecule has 0 fully saturated rings. The Morgan fingerprint density at radius 3 is 2.52 bits per heavy atom. The van der Waals surface area contributed by atoms with Crippen molar-refractivity contribution >= 4 is 17.3 Å². The fourth-order valence-electron chi connectivity index (χ4n) is 2.92. The minimum Gasteiger partial charge on any atom is -0.380 e. The van der Waals surface area contributed by atoms with E-state index in [9.17, 15) is 4.79 Å². The molecule has 0 unspecified atom stereocenters. The summed E-state index contributed by atoms with van der Waals surface area (Å²) in [4.78, 5) is 14.6. The molecular formula is C18H20N2O. The molecular weight excluding hydrogens is 260 g/mol. The molecule has 21 heavy (non-hydrogen) atoms. The van der Waals surface area contributed by atoms with Crippen LogP contribution in [0.1, 0.15) is 31.9 Å². The first-order valence-electron chi connectivity index (χ1n) is 7.39. The first-order chi connectivity index (χ1) is 10.2. The molecule has 0 aromatic heterocycles. The van der Waals surface area contributed by atoms with Gasteiger partial charge in [-0.1, -0.05) is 42.5 Å². The SMILES string of the molecule is C[C@@H]1CC(=O)N([C@@H](C)c2ccccc2)c2ccccc2N1. The molecule has 0 saturated heterocycles. The van der Waals surface area contributed by atoms with Gasteiger partial charge in [0.1, 0.15) is 0 Å². The molecule has 0 aliphatic carbocycles. The average molecular weight is 280 g/mol. The van der Waals surface area contributed by atoms with E-state index in [1.165, 1.54) is 0 Å². The zero-order valence-corrected chi connectivity index (χ0v) is 12.4. The summed E-state index contributed by atoms with van der Waals surface area (Å²) in [5.41, 5.74) is 3.14. The number of fused-ring (bicyclic) bond motifs is 1. The van der Waals surface area contributed by atoms with E-state index >= 15 is 0 Å². The molecule has 3 nitrogen and oxygen atoms in total. The molecule has 0 bridgehead atoms. The first-order valence-corrected chi connectivity index (χ1v) is 7.39. The Morgan fingerprint density at radius 2 is 1.76 bits per heavy atom. The van der Waals surface area contributed by atoms with Crippen molar-refractivity contribution in [3.8, 4) is 0 Å². The normalized spacial score (nSPS) is 19.4. The van der Waals surface area contributed by atoms with Crippen LogP contribution in [0, 0.1) is 0 Å². The lowest BCUT2D eigenvalue weighted by molar-refractivity contribution is -0.119. The Balaban J connectivity index is 2.05. The molecule has 1 amide bonds. The van der Waals surface area contributed by atoms with Gasteiger partial charge in [0, 0.05) is 12.5 Å². The summed E-state index contributed by atoms with van der Waals surface area (Å²) in [6.07, 6.45) is 0.506. The standard InChI is InChI=1S/C18H20N2O/c1-13-12-18(21)20(14(2)15-8-4-3-5-9-15)17-11-7-6-10-16(17)19-13/h3-11,13-14,19H,12H2,1-2H3/t13-,14+/m1/s1. The Morgan fingerprint density at radius 1 is 1.10 bits per heavy atom. The maximum absolute atomic E-state index is 12.7. The molecule has 0 spiro atoms.